The van der Waals surface area contributed by atoms with Crippen molar-refractivity contribution in [3.05, 3.63) is 24.2 Å². The minimum atomic E-state index is -0.711. The van der Waals surface area contributed by atoms with Crippen LogP contribution in [-0.2, 0) is 0 Å². The maximum Gasteiger partial charge on any atom is 0.120 e. The van der Waals surface area contributed by atoms with Crippen LogP contribution in [0.5, 0.6) is 0 Å². The summed E-state index contributed by atoms with van der Waals surface area (Å²) in [5.41, 5.74) is 0. The van der Waals surface area contributed by atoms with Gasteiger partial charge in [-0.2, -0.15) is 0 Å². The van der Waals surface area contributed by atoms with Crippen LogP contribution in [0.2, 0.25) is 0 Å². The molecule has 4 nitrogen and oxygen atoms in total. The molecule has 0 saturated heterocycles. The monoisotopic (exact) mass is 185 g/mol. The van der Waals surface area contributed by atoms with Gasteiger partial charge in [-0.05, 0) is 19.1 Å². The van der Waals surface area contributed by atoms with E-state index in [0.717, 1.165) is 5.76 Å². The van der Waals surface area contributed by atoms with E-state index in [9.17, 15) is 0 Å². The first-order valence-electron chi connectivity index (χ1n) is 4.29. The highest BCUT2D eigenvalue weighted by molar-refractivity contribution is 5.02. The minimum absolute atomic E-state index is 0.0520. The molecule has 1 heterocycles. The van der Waals surface area contributed by atoms with E-state index in [1.807, 2.05) is 19.1 Å². The summed E-state index contributed by atoms with van der Waals surface area (Å²) in [6.07, 6.45) is 0.896. The molecule has 0 saturated carbocycles. The van der Waals surface area contributed by atoms with Crippen LogP contribution in [0.15, 0.2) is 22.8 Å². The van der Waals surface area contributed by atoms with Gasteiger partial charge in [0.15, 0.2) is 0 Å². The van der Waals surface area contributed by atoms with Crippen LogP contribution < -0.4 is 5.32 Å². The van der Waals surface area contributed by atoms with Crippen molar-refractivity contribution in [2.24, 2.45) is 0 Å². The largest absolute Gasteiger partial charge is 0.468 e. The lowest BCUT2D eigenvalue weighted by Gasteiger charge is -2.13. The molecule has 3 N–H and O–H groups in total. The molecule has 0 fully saturated rings. The Hall–Kier alpha value is -0.840. The van der Waals surface area contributed by atoms with Gasteiger partial charge in [0.1, 0.15) is 5.76 Å². The number of rotatable bonds is 5. The van der Waals surface area contributed by atoms with Crippen LogP contribution in [0.3, 0.4) is 0 Å². The summed E-state index contributed by atoms with van der Waals surface area (Å²) in [4.78, 5) is 0. The third-order valence-electron chi connectivity index (χ3n) is 1.84. The van der Waals surface area contributed by atoms with Crippen molar-refractivity contribution < 1.29 is 14.6 Å². The lowest BCUT2D eigenvalue weighted by Crippen LogP contribution is -2.31. The Bertz CT molecular complexity index is 223. The Morgan fingerprint density at radius 2 is 2.38 bits per heavy atom. The molecule has 0 radical (unpaired) electrons. The van der Waals surface area contributed by atoms with Crippen molar-refractivity contribution in [2.45, 2.75) is 19.1 Å². The number of nitrogens with one attached hydrogen (secondary N) is 1. The summed E-state index contributed by atoms with van der Waals surface area (Å²) < 4.78 is 5.15. The molecule has 4 heteroatoms. The van der Waals surface area contributed by atoms with Gasteiger partial charge >= 0.3 is 0 Å². The Balaban J connectivity index is 2.30. The lowest BCUT2D eigenvalue weighted by molar-refractivity contribution is 0.0917. The van der Waals surface area contributed by atoms with Crippen molar-refractivity contribution in [1.82, 2.24) is 5.32 Å². The van der Waals surface area contributed by atoms with Crippen LogP contribution in [0.4, 0.5) is 0 Å². The van der Waals surface area contributed by atoms with Crippen LogP contribution in [0.1, 0.15) is 18.7 Å². The van der Waals surface area contributed by atoms with Gasteiger partial charge in [0.25, 0.3) is 0 Å². The van der Waals surface area contributed by atoms with Gasteiger partial charge in [0.05, 0.1) is 25.0 Å². The van der Waals surface area contributed by atoms with E-state index in [1.165, 1.54) is 0 Å². The smallest absolute Gasteiger partial charge is 0.120 e. The summed E-state index contributed by atoms with van der Waals surface area (Å²) in [5, 5.41) is 20.7. The van der Waals surface area contributed by atoms with Gasteiger partial charge in [-0.1, -0.05) is 0 Å². The number of aliphatic hydroxyl groups is 2. The third kappa shape index (κ3) is 3.18. The van der Waals surface area contributed by atoms with E-state index in [2.05, 4.69) is 5.32 Å². The molecule has 13 heavy (non-hydrogen) atoms. The number of hydrogen-bond acceptors (Lipinski definition) is 4. The average molecular weight is 185 g/mol. The second-order valence-corrected chi connectivity index (χ2v) is 2.98. The van der Waals surface area contributed by atoms with E-state index in [0.29, 0.717) is 6.54 Å². The van der Waals surface area contributed by atoms with Crippen LogP contribution >= 0.6 is 0 Å². The zero-order valence-corrected chi connectivity index (χ0v) is 7.60. The molecule has 0 aliphatic heterocycles. The summed E-state index contributed by atoms with van der Waals surface area (Å²) in [6, 6.07) is 3.73. The van der Waals surface area contributed by atoms with E-state index in [-0.39, 0.29) is 12.6 Å². The fraction of sp³-hybridized carbons (Fsp3) is 0.556. The zero-order chi connectivity index (χ0) is 9.68. The topological polar surface area (TPSA) is 65.6 Å². The van der Waals surface area contributed by atoms with Gasteiger partial charge in [-0.15, -0.1) is 0 Å². The highest BCUT2D eigenvalue weighted by atomic mass is 16.3. The van der Waals surface area contributed by atoms with Crippen LogP contribution in [0, 0.1) is 0 Å². The molecule has 0 spiro atoms. The predicted molar refractivity (Wildman–Crippen MR) is 48.2 cm³/mol. The molecule has 2 atom stereocenters. The highest BCUT2D eigenvalue weighted by Crippen LogP contribution is 2.11. The Morgan fingerprint density at radius 1 is 1.62 bits per heavy atom. The molecule has 1 rings (SSSR count). The zero-order valence-electron chi connectivity index (χ0n) is 7.60. The summed E-state index contributed by atoms with van der Waals surface area (Å²) in [5.74, 6) is 0.824. The van der Waals surface area contributed by atoms with Gasteiger partial charge in [0, 0.05) is 6.54 Å². The molecule has 74 valence electrons. The summed E-state index contributed by atoms with van der Waals surface area (Å²) in [7, 11) is 0. The van der Waals surface area contributed by atoms with E-state index in [1.54, 1.807) is 6.26 Å². The Morgan fingerprint density at radius 3 is 2.92 bits per heavy atom. The molecular formula is C9H15NO3. The number of hydrogen-bond donors (Lipinski definition) is 3. The Kier molecular flexibility index (Phi) is 3.95. The van der Waals surface area contributed by atoms with Crippen molar-refractivity contribution in [3.8, 4) is 0 Å². The maximum atomic E-state index is 9.06. The van der Waals surface area contributed by atoms with Crippen LogP contribution in [0.25, 0.3) is 0 Å². The molecule has 0 aromatic carbocycles. The average Bonchev–Trinajstić information content (AvgIpc) is 2.66. The van der Waals surface area contributed by atoms with Crippen molar-refractivity contribution in [2.75, 3.05) is 13.2 Å². The number of aliphatic hydroxyl groups excluding tert-OH is 2. The maximum absolute atomic E-state index is 9.06. The van der Waals surface area contributed by atoms with E-state index >= 15 is 0 Å². The van der Waals surface area contributed by atoms with Crippen molar-refractivity contribution >= 4 is 0 Å². The third-order valence-corrected chi connectivity index (χ3v) is 1.84. The molecule has 0 aliphatic rings. The molecule has 1 aromatic heterocycles. The predicted octanol–water partition coefficient (Wildman–Crippen LogP) is 0.283. The Labute approximate surface area is 77.2 Å². The molecular weight excluding hydrogens is 170 g/mol. The van der Waals surface area contributed by atoms with E-state index < -0.39 is 6.10 Å². The van der Waals surface area contributed by atoms with Crippen molar-refractivity contribution in [3.63, 3.8) is 0 Å². The van der Waals surface area contributed by atoms with E-state index in [4.69, 9.17) is 14.6 Å². The normalized spacial score (nSPS) is 15.6. The van der Waals surface area contributed by atoms with Gasteiger partial charge in [-0.25, -0.2) is 0 Å². The molecule has 0 amide bonds. The first kappa shape index (κ1) is 10.2. The first-order chi connectivity index (χ1) is 6.24. The van der Waals surface area contributed by atoms with Crippen LogP contribution in [-0.4, -0.2) is 29.5 Å². The quantitative estimate of drug-likeness (QED) is 0.616. The molecule has 0 bridgehead atoms. The molecule has 0 aliphatic carbocycles. The molecule has 1 aromatic rings. The van der Waals surface area contributed by atoms with Gasteiger partial charge in [-0.3, -0.25) is 0 Å². The first-order valence-corrected chi connectivity index (χ1v) is 4.29. The summed E-state index contributed by atoms with van der Waals surface area (Å²) >= 11 is 0. The second-order valence-electron chi connectivity index (χ2n) is 2.98. The SMILES string of the molecule is CC(NC[C@H](O)CO)c1ccco1. The highest BCUT2D eigenvalue weighted by Gasteiger charge is 2.09. The van der Waals surface area contributed by atoms with Gasteiger partial charge in [0.2, 0.25) is 0 Å². The van der Waals surface area contributed by atoms with Gasteiger partial charge < -0.3 is 19.9 Å². The number of furan rings is 1. The second kappa shape index (κ2) is 5.01. The minimum Gasteiger partial charge on any atom is -0.468 e. The van der Waals surface area contributed by atoms with Crippen molar-refractivity contribution in [1.29, 1.82) is 0 Å². The fourth-order valence-corrected chi connectivity index (χ4v) is 1.02. The lowest BCUT2D eigenvalue weighted by atomic mass is 10.2. The fourth-order valence-electron chi connectivity index (χ4n) is 1.02. The standard InChI is InChI=1S/C9H15NO3/c1-7(9-3-2-4-13-9)10-5-8(12)6-11/h2-4,7-8,10-12H,5-6H2,1H3/t7?,8-/m0/s1. The molecule has 1 unspecified atom stereocenters. The summed E-state index contributed by atoms with van der Waals surface area (Å²) in [6.45, 7) is 2.07.